The SMILES string of the molecule is COC(=O)[C@H](C)Oc1ccc2c(c1)O/C(=C\c1ccc(F)cc1)C2=O. The van der Waals surface area contributed by atoms with Crippen molar-refractivity contribution in [2.45, 2.75) is 13.0 Å². The van der Waals surface area contributed by atoms with Gasteiger partial charge in [0.25, 0.3) is 0 Å². The van der Waals surface area contributed by atoms with Crippen LogP contribution in [0.2, 0.25) is 0 Å². The highest BCUT2D eigenvalue weighted by Crippen LogP contribution is 2.35. The first-order valence-electron chi connectivity index (χ1n) is 7.56. The van der Waals surface area contributed by atoms with Crippen LogP contribution in [0.25, 0.3) is 6.08 Å². The lowest BCUT2D eigenvalue weighted by Gasteiger charge is -2.12. The second kappa shape index (κ2) is 6.76. The van der Waals surface area contributed by atoms with Gasteiger partial charge in [0.2, 0.25) is 5.78 Å². The molecule has 1 atom stereocenters. The number of carbonyl (C=O) groups excluding carboxylic acids is 2. The van der Waals surface area contributed by atoms with Gasteiger partial charge >= 0.3 is 5.97 Å². The molecule has 0 spiro atoms. The normalized spacial score (nSPS) is 15.5. The highest BCUT2D eigenvalue weighted by molar-refractivity contribution is 6.14. The van der Waals surface area contributed by atoms with Gasteiger partial charge in [0, 0.05) is 6.07 Å². The zero-order valence-corrected chi connectivity index (χ0v) is 13.6. The molecule has 0 saturated carbocycles. The van der Waals surface area contributed by atoms with Crippen molar-refractivity contribution in [1.82, 2.24) is 0 Å². The molecule has 0 bridgehead atoms. The Bertz CT molecular complexity index is 855. The first-order chi connectivity index (χ1) is 12.0. The summed E-state index contributed by atoms with van der Waals surface area (Å²) >= 11 is 0. The molecule has 3 rings (SSSR count). The minimum Gasteiger partial charge on any atom is -0.479 e. The molecule has 0 radical (unpaired) electrons. The van der Waals surface area contributed by atoms with Gasteiger partial charge < -0.3 is 14.2 Å². The average Bonchev–Trinajstić information content (AvgIpc) is 2.91. The third kappa shape index (κ3) is 3.52. The molecule has 1 aliphatic rings. The monoisotopic (exact) mass is 342 g/mol. The van der Waals surface area contributed by atoms with Crippen LogP contribution in [-0.4, -0.2) is 25.0 Å². The molecule has 2 aromatic carbocycles. The fourth-order valence-electron chi connectivity index (χ4n) is 2.37. The summed E-state index contributed by atoms with van der Waals surface area (Å²) in [4.78, 5) is 23.8. The van der Waals surface area contributed by atoms with Gasteiger partial charge in [-0.15, -0.1) is 0 Å². The Labute approximate surface area is 143 Å². The van der Waals surface area contributed by atoms with Gasteiger partial charge in [0.15, 0.2) is 11.9 Å². The molecule has 0 N–H and O–H groups in total. The predicted molar refractivity (Wildman–Crippen MR) is 87.9 cm³/mol. The number of allylic oxidation sites excluding steroid dienone is 1. The summed E-state index contributed by atoms with van der Waals surface area (Å²) in [5.74, 6) is -0.271. The topological polar surface area (TPSA) is 61.8 Å². The van der Waals surface area contributed by atoms with Crippen molar-refractivity contribution in [3.63, 3.8) is 0 Å². The number of Topliss-reactive ketones (excluding diaryl/α,β-unsaturated/α-hetero) is 1. The van der Waals surface area contributed by atoms with E-state index < -0.39 is 12.1 Å². The van der Waals surface area contributed by atoms with Gasteiger partial charge in [-0.1, -0.05) is 12.1 Å². The molecule has 25 heavy (non-hydrogen) atoms. The predicted octanol–water partition coefficient (Wildman–Crippen LogP) is 3.38. The highest BCUT2D eigenvalue weighted by atomic mass is 19.1. The molecular weight excluding hydrogens is 327 g/mol. The van der Waals surface area contributed by atoms with E-state index in [1.54, 1.807) is 37.3 Å². The van der Waals surface area contributed by atoms with E-state index in [4.69, 9.17) is 9.47 Å². The highest BCUT2D eigenvalue weighted by Gasteiger charge is 2.28. The Morgan fingerprint density at radius 1 is 1.20 bits per heavy atom. The molecule has 0 fully saturated rings. The number of rotatable bonds is 4. The zero-order valence-electron chi connectivity index (χ0n) is 13.6. The lowest BCUT2D eigenvalue weighted by molar-refractivity contribution is -0.147. The quantitative estimate of drug-likeness (QED) is 0.630. The first-order valence-corrected chi connectivity index (χ1v) is 7.56. The van der Waals surface area contributed by atoms with Crippen molar-refractivity contribution >= 4 is 17.8 Å². The number of methoxy groups -OCH3 is 1. The van der Waals surface area contributed by atoms with Crippen LogP contribution in [0.3, 0.4) is 0 Å². The summed E-state index contributed by atoms with van der Waals surface area (Å²) in [5, 5.41) is 0. The average molecular weight is 342 g/mol. The van der Waals surface area contributed by atoms with Gasteiger partial charge in [0.1, 0.15) is 17.3 Å². The van der Waals surface area contributed by atoms with Crippen LogP contribution in [-0.2, 0) is 9.53 Å². The smallest absolute Gasteiger partial charge is 0.346 e. The molecule has 6 heteroatoms. The summed E-state index contributed by atoms with van der Waals surface area (Å²) in [6, 6.07) is 10.4. The minimum atomic E-state index is -0.783. The molecule has 5 nitrogen and oxygen atoms in total. The van der Waals surface area contributed by atoms with Gasteiger partial charge in [-0.05, 0) is 42.8 Å². The Kier molecular flexibility index (Phi) is 4.52. The molecule has 0 saturated heterocycles. The molecule has 128 valence electrons. The van der Waals surface area contributed by atoms with Gasteiger partial charge in [-0.25, -0.2) is 9.18 Å². The lowest BCUT2D eigenvalue weighted by Crippen LogP contribution is -2.24. The first kappa shape index (κ1) is 16.7. The van der Waals surface area contributed by atoms with Gasteiger partial charge in [-0.3, -0.25) is 4.79 Å². The number of fused-ring (bicyclic) bond motifs is 1. The molecule has 0 amide bonds. The van der Waals surface area contributed by atoms with E-state index in [1.165, 1.54) is 25.3 Å². The fraction of sp³-hybridized carbons (Fsp3) is 0.158. The molecular formula is C19H15FO5. The zero-order chi connectivity index (χ0) is 18.0. The number of ketones is 1. The molecule has 0 aliphatic carbocycles. The van der Waals surface area contributed by atoms with Crippen molar-refractivity contribution in [3.8, 4) is 11.5 Å². The Morgan fingerprint density at radius 2 is 1.92 bits per heavy atom. The molecule has 2 aromatic rings. The van der Waals surface area contributed by atoms with E-state index >= 15 is 0 Å². The fourth-order valence-corrected chi connectivity index (χ4v) is 2.37. The Hall–Kier alpha value is -3.15. The van der Waals surface area contributed by atoms with E-state index in [0.717, 1.165) is 0 Å². The van der Waals surface area contributed by atoms with E-state index in [-0.39, 0.29) is 17.4 Å². The maximum atomic E-state index is 13.0. The molecule has 0 unspecified atom stereocenters. The summed E-state index contributed by atoms with van der Waals surface area (Å²) in [6.07, 6.45) is 0.758. The number of ether oxygens (including phenoxy) is 3. The molecule has 0 aromatic heterocycles. The van der Waals surface area contributed by atoms with E-state index in [0.29, 0.717) is 22.6 Å². The van der Waals surface area contributed by atoms with Crippen LogP contribution in [0.1, 0.15) is 22.8 Å². The third-order valence-corrected chi connectivity index (χ3v) is 3.66. The van der Waals surface area contributed by atoms with Crippen LogP contribution in [0.5, 0.6) is 11.5 Å². The minimum absolute atomic E-state index is 0.139. The van der Waals surface area contributed by atoms with Crippen molar-refractivity contribution in [1.29, 1.82) is 0 Å². The van der Waals surface area contributed by atoms with Crippen LogP contribution < -0.4 is 9.47 Å². The van der Waals surface area contributed by atoms with Crippen molar-refractivity contribution in [2.75, 3.05) is 7.11 Å². The van der Waals surface area contributed by atoms with Crippen molar-refractivity contribution in [2.24, 2.45) is 0 Å². The van der Waals surface area contributed by atoms with Crippen LogP contribution in [0, 0.1) is 5.82 Å². The summed E-state index contributed by atoms with van der Waals surface area (Å²) in [7, 11) is 1.28. The molecule has 1 heterocycles. The summed E-state index contributed by atoms with van der Waals surface area (Å²) in [6.45, 7) is 1.56. The van der Waals surface area contributed by atoms with Crippen LogP contribution >= 0.6 is 0 Å². The Balaban J connectivity index is 1.81. The Morgan fingerprint density at radius 3 is 2.60 bits per heavy atom. The maximum Gasteiger partial charge on any atom is 0.346 e. The number of benzene rings is 2. The van der Waals surface area contributed by atoms with Crippen LogP contribution in [0.4, 0.5) is 4.39 Å². The van der Waals surface area contributed by atoms with E-state index in [1.807, 2.05) is 0 Å². The van der Waals surface area contributed by atoms with Crippen molar-refractivity contribution < 1.29 is 28.2 Å². The number of esters is 1. The lowest BCUT2D eigenvalue weighted by atomic mass is 10.1. The van der Waals surface area contributed by atoms with E-state index in [2.05, 4.69) is 4.74 Å². The second-order valence-electron chi connectivity index (χ2n) is 5.43. The number of halogens is 1. The van der Waals surface area contributed by atoms with Gasteiger partial charge in [0.05, 0.1) is 12.7 Å². The van der Waals surface area contributed by atoms with Gasteiger partial charge in [-0.2, -0.15) is 0 Å². The maximum absolute atomic E-state index is 13.0. The number of hydrogen-bond donors (Lipinski definition) is 0. The summed E-state index contributed by atoms with van der Waals surface area (Å²) in [5.41, 5.74) is 1.04. The van der Waals surface area contributed by atoms with Crippen molar-refractivity contribution in [3.05, 3.63) is 65.2 Å². The standard InChI is InChI=1S/C19H15FO5/c1-11(19(22)23-2)24-14-7-8-15-16(10-14)25-17(18(15)21)9-12-3-5-13(20)6-4-12/h3-11H,1-2H3/b17-9-/t11-/m0/s1. The molecule has 1 aliphatic heterocycles. The largest absolute Gasteiger partial charge is 0.479 e. The second-order valence-corrected chi connectivity index (χ2v) is 5.43. The van der Waals surface area contributed by atoms with Crippen LogP contribution in [0.15, 0.2) is 48.2 Å². The number of hydrogen-bond acceptors (Lipinski definition) is 5. The third-order valence-electron chi connectivity index (χ3n) is 3.66. The number of carbonyl (C=O) groups is 2. The van der Waals surface area contributed by atoms with E-state index in [9.17, 15) is 14.0 Å². The summed E-state index contributed by atoms with van der Waals surface area (Å²) < 4.78 is 28.6.